The molecule has 0 aromatic heterocycles. The number of rotatable bonds is 1. The van der Waals surface area contributed by atoms with E-state index in [-0.39, 0.29) is 11.7 Å². The molecule has 0 bridgehead atoms. The number of carbonyl (C=O) groups excluding carboxylic acids is 2. The molecule has 1 aromatic rings. The summed E-state index contributed by atoms with van der Waals surface area (Å²) in [6, 6.07) is 7.25. The van der Waals surface area contributed by atoms with Crippen LogP contribution in [0.1, 0.15) is 43.1 Å². The maximum Gasteiger partial charge on any atom is 0.234 e. The van der Waals surface area contributed by atoms with Gasteiger partial charge in [-0.05, 0) is 31.3 Å². The normalized spacial score (nSPS) is 31.8. The van der Waals surface area contributed by atoms with Crippen molar-refractivity contribution < 1.29 is 14.3 Å². The molecule has 3 aliphatic rings. The molecule has 0 saturated heterocycles. The van der Waals surface area contributed by atoms with Gasteiger partial charge in [0, 0.05) is 17.0 Å². The Morgan fingerprint density at radius 1 is 1.13 bits per heavy atom. The van der Waals surface area contributed by atoms with Crippen LogP contribution < -0.4 is 0 Å². The van der Waals surface area contributed by atoms with E-state index in [1.165, 1.54) is 0 Å². The van der Waals surface area contributed by atoms with Crippen LogP contribution in [0.2, 0.25) is 0 Å². The summed E-state index contributed by atoms with van der Waals surface area (Å²) in [6.07, 6.45) is 5.15. The maximum atomic E-state index is 12.7. The molecule has 0 saturated carbocycles. The minimum atomic E-state index is -0.524. The molecule has 23 heavy (non-hydrogen) atoms. The van der Waals surface area contributed by atoms with Crippen LogP contribution in [0, 0.1) is 17.8 Å². The average Bonchev–Trinajstić information content (AvgIpc) is 2.85. The Kier molecular flexibility index (Phi) is 2.93. The van der Waals surface area contributed by atoms with E-state index in [9.17, 15) is 9.59 Å². The van der Waals surface area contributed by atoms with Crippen LogP contribution in [-0.2, 0) is 9.53 Å². The number of Topliss-reactive ketones (excluding diaryl/α,β-unsaturated/α-hetero) is 2. The highest BCUT2D eigenvalue weighted by Crippen LogP contribution is 2.52. The monoisotopic (exact) mass is 308 g/mol. The lowest BCUT2D eigenvalue weighted by Crippen LogP contribution is -2.38. The van der Waals surface area contributed by atoms with Crippen molar-refractivity contribution in [3.63, 3.8) is 0 Å². The number of carbonyl (C=O) groups is 2. The summed E-state index contributed by atoms with van der Waals surface area (Å²) in [5.74, 6) is 0.699. The van der Waals surface area contributed by atoms with Gasteiger partial charge in [-0.2, -0.15) is 0 Å². The van der Waals surface area contributed by atoms with Gasteiger partial charge in [0.15, 0.2) is 0 Å². The first-order valence-corrected chi connectivity index (χ1v) is 8.23. The number of fused-ring (bicyclic) bond motifs is 4. The molecule has 3 nitrogen and oxygen atoms in total. The van der Waals surface area contributed by atoms with Crippen LogP contribution in [0.5, 0.6) is 0 Å². The molecule has 1 heterocycles. The summed E-state index contributed by atoms with van der Waals surface area (Å²) < 4.78 is 6.25. The number of benzene rings is 1. The van der Waals surface area contributed by atoms with Crippen LogP contribution in [0.25, 0.3) is 5.76 Å². The summed E-state index contributed by atoms with van der Waals surface area (Å²) in [5, 5.41) is 0. The van der Waals surface area contributed by atoms with Crippen molar-refractivity contribution in [2.45, 2.75) is 32.8 Å². The Labute approximate surface area is 136 Å². The predicted molar refractivity (Wildman–Crippen MR) is 87.8 cm³/mol. The zero-order valence-corrected chi connectivity index (χ0v) is 13.6. The predicted octanol–water partition coefficient (Wildman–Crippen LogP) is 3.80. The molecule has 1 aromatic carbocycles. The highest BCUT2D eigenvalue weighted by atomic mass is 16.5. The van der Waals surface area contributed by atoms with Crippen LogP contribution >= 0.6 is 0 Å². The van der Waals surface area contributed by atoms with Gasteiger partial charge < -0.3 is 4.74 Å². The van der Waals surface area contributed by atoms with Gasteiger partial charge in [0.2, 0.25) is 11.6 Å². The van der Waals surface area contributed by atoms with E-state index in [0.29, 0.717) is 28.7 Å². The molecule has 3 heteroatoms. The van der Waals surface area contributed by atoms with Crippen LogP contribution in [0.4, 0.5) is 0 Å². The summed E-state index contributed by atoms with van der Waals surface area (Å²) in [5.41, 5.74) is 1.29. The molecule has 0 N–H and O–H groups in total. The Morgan fingerprint density at radius 2 is 1.83 bits per heavy atom. The Balaban J connectivity index is 1.87. The Bertz CT molecular complexity index is 784. The van der Waals surface area contributed by atoms with E-state index >= 15 is 0 Å². The van der Waals surface area contributed by atoms with Gasteiger partial charge >= 0.3 is 0 Å². The van der Waals surface area contributed by atoms with Crippen molar-refractivity contribution >= 4 is 17.3 Å². The highest BCUT2D eigenvalue weighted by Gasteiger charge is 2.53. The highest BCUT2D eigenvalue weighted by molar-refractivity contribution is 6.52. The van der Waals surface area contributed by atoms with E-state index in [1.54, 1.807) is 12.1 Å². The Hall–Kier alpha value is -2.16. The van der Waals surface area contributed by atoms with E-state index in [0.717, 1.165) is 12.0 Å². The minimum absolute atomic E-state index is 0.0419. The van der Waals surface area contributed by atoms with Crippen molar-refractivity contribution in [2.24, 2.45) is 17.8 Å². The van der Waals surface area contributed by atoms with Gasteiger partial charge in [-0.3, -0.25) is 9.59 Å². The molecular formula is C20H20O3. The topological polar surface area (TPSA) is 43.4 Å². The second kappa shape index (κ2) is 4.67. The summed E-state index contributed by atoms with van der Waals surface area (Å²) >= 11 is 0. The van der Waals surface area contributed by atoms with Gasteiger partial charge in [-0.25, -0.2) is 0 Å². The first-order chi connectivity index (χ1) is 10.9. The van der Waals surface area contributed by atoms with Gasteiger partial charge in [0.25, 0.3) is 0 Å². The number of hydrogen-bond acceptors (Lipinski definition) is 3. The lowest BCUT2D eigenvalue weighted by atomic mass is 9.69. The molecule has 0 spiro atoms. The second-order valence-corrected chi connectivity index (χ2v) is 7.29. The zero-order chi connectivity index (χ0) is 16.4. The van der Waals surface area contributed by atoms with Crippen molar-refractivity contribution in [2.75, 3.05) is 0 Å². The van der Waals surface area contributed by atoms with Crippen molar-refractivity contribution in [1.82, 2.24) is 0 Å². The fraction of sp³-hybridized carbons (Fsp3) is 0.400. The summed E-state index contributed by atoms with van der Waals surface area (Å²) in [6.45, 7) is 6.39. The molecule has 3 atom stereocenters. The second-order valence-electron chi connectivity index (χ2n) is 7.29. The molecular weight excluding hydrogens is 288 g/mol. The smallest absolute Gasteiger partial charge is 0.234 e. The third kappa shape index (κ3) is 1.89. The lowest BCUT2D eigenvalue weighted by molar-refractivity contribution is -0.112. The van der Waals surface area contributed by atoms with E-state index < -0.39 is 11.4 Å². The number of allylic oxidation sites excluding steroid dienone is 1. The molecule has 1 aliphatic heterocycles. The van der Waals surface area contributed by atoms with Gasteiger partial charge in [0.1, 0.15) is 11.4 Å². The largest absolute Gasteiger partial charge is 0.482 e. The molecule has 0 fully saturated rings. The van der Waals surface area contributed by atoms with Crippen molar-refractivity contribution in [3.8, 4) is 0 Å². The Morgan fingerprint density at radius 3 is 2.52 bits per heavy atom. The van der Waals surface area contributed by atoms with Crippen molar-refractivity contribution in [1.29, 1.82) is 0 Å². The molecule has 4 rings (SSSR count). The fourth-order valence-corrected chi connectivity index (χ4v) is 4.04. The SMILES string of the molecule is CC(C)C1C=CC2(C)OC3=C(C(=O)C(=O)c4ccccc43)C2C1. The quantitative estimate of drug-likeness (QED) is 0.585. The average molecular weight is 308 g/mol. The van der Waals surface area contributed by atoms with E-state index in [2.05, 4.69) is 26.0 Å². The number of hydrogen-bond donors (Lipinski definition) is 0. The lowest BCUT2D eigenvalue weighted by Gasteiger charge is -2.36. The standard InChI is InChI=1S/C20H20O3/c1-11(2)12-8-9-20(3)15(10-12)16-18(22)17(21)13-6-4-5-7-14(13)19(16)23-20/h4-9,11-12,15H,10H2,1-3H3. The fourth-order valence-electron chi connectivity index (χ4n) is 4.04. The third-order valence-corrected chi connectivity index (χ3v) is 5.51. The van der Waals surface area contributed by atoms with Crippen molar-refractivity contribution in [3.05, 3.63) is 53.1 Å². The minimum Gasteiger partial charge on any atom is -0.482 e. The molecule has 0 amide bonds. The first-order valence-electron chi connectivity index (χ1n) is 8.23. The van der Waals surface area contributed by atoms with E-state index in [1.807, 2.05) is 19.1 Å². The first kappa shape index (κ1) is 14.4. The molecule has 0 radical (unpaired) electrons. The van der Waals surface area contributed by atoms with Gasteiger partial charge in [0.05, 0.1) is 5.57 Å². The van der Waals surface area contributed by atoms with Crippen LogP contribution in [-0.4, -0.2) is 17.2 Å². The third-order valence-electron chi connectivity index (χ3n) is 5.51. The molecule has 3 unspecified atom stereocenters. The zero-order valence-electron chi connectivity index (χ0n) is 13.6. The van der Waals surface area contributed by atoms with Crippen LogP contribution in [0.15, 0.2) is 42.0 Å². The van der Waals surface area contributed by atoms with Gasteiger partial charge in [-0.1, -0.05) is 44.2 Å². The van der Waals surface area contributed by atoms with Crippen LogP contribution in [0.3, 0.4) is 0 Å². The van der Waals surface area contributed by atoms with Gasteiger partial charge in [-0.15, -0.1) is 0 Å². The summed E-state index contributed by atoms with van der Waals surface area (Å²) in [4.78, 5) is 25.2. The number of ether oxygens (including phenoxy) is 1. The maximum absolute atomic E-state index is 12.7. The number of ketones is 2. The van der Waals surface area contributed by atoms with E-state index in [4.69, 9.17) is 4.74 Å². The molecule has 2 aliphatic carbocycles. The molecule has 118 valence electrons. The summed E-state index contributed by atoms with van der Waals surface area (Å²) in [7, 11) is 0.